The zero-order chi connectivity index (χ0) is 14.5. The van der Waals surface area contributed by atoms with Gasteiger partial charge >= 0.3 is 5.51 Å². The van der Waals surface area contributed by atoms with Crippen LogP contribution in [0.5, 0.6) is 0 Å². The lowest BCUT2D eigenvalue weighted by atomic mass is 10.1. The first kappa shape index (κ1) is 15.8. The molecule has 2 N–H and O–H groups in total. The van der Waals surface area contributed by atoms with E-state index >= 15 is 0 Å². The maximum Gasteiger partial charge on any atom is 0.441 e. The fourth-order valence-electron chi connectivity index (χ4n) is 1.48. The van der Waals surface area contributed by atoms with Gasteiger partial charge in [-0.1, -0.05) is 0 Å². The van der Waals surface area contributed by atoms with Crippen molar-refractivity contribution in [3.05, 3.63) is 18.0 Å². The minimum atomic E-state index is -4.27. The number of likely N-dealkylation sites (N-methyl/N-ethyl adjacent to an activating group) is 1. The van der Waals surface area contributed by atoms with Gasteiger partial charge in [0.05, 0.1) is 6.20 Å². The molecule has 5 nitrogen and oxygen atoms in total. The Morgan fingerprint density at radius 3 is 2.74 bits per heavy atom. The summed E-state index contributed by atoms with van der Waals surface area (Å²) >= 11 is -0.157. The third-order valence-corrected chi connectivity index (χ3v) is 3.01. The standard InChI is InChI=1S/C10H15F3N4OS/c1-14-8(7-5-16-17(2)6-7)9(18)15-3-4-19-10(11,12)13/h5-6,8,14H,3-4H2,1-2H3,(H,15,18). The first-order valence-corrected chi connectivity index (χ1v) is 6.46. The fraction of sp³-hybridized carbons (Fsp3) is 0.600. The van der Waals surface area contributed by atoms with E-state index in [0.29, 0.717) is 5.56 Å². The van der Waals surface area contributed by atoms with Crippen LogP contribution < -0.4 is 10.6 Å². The Morgan fingerprint density at radius 2 is 2.26 bits per heavy atom. The summed E-state index contributed by atoms with van der Waals surface area (Å²) in [5.74, 6) is -0.586. The van der Waals surface area contributed by atoms with E-state index in [2.05, 4.69) is 15.7 Å². The highest BCUT2D eigenvalue weighted by Gasteiger charge is 2.27. The molecule has 0 spiro atoms. The summed E-state index contributed by atoms with van der Waals surface area (Å²) in [6, 6.07) is -0.621. The van der Waals surface area contributed by atoms with E-state index in [-0.39, 0.29) is 30.0 Å². The number of aromatic nitrogens is 2. The first-order valence-electron chi connectivity index (χ1n) is 5.47. The van der Waals surface area contributed by atoms with Crippen LogP contribution in [0, 0.1) is 0 Å². The first-order chi connectivity index (χ1) is 8.83. The number of thioether (sulfide) groups is 1. The van der Waals surface area contributed by atoms with Gasteiger partial charge < -0.3 is 10.6 Å². The van der Waals surface area contributed by atoms with Crippen molar-refractivity contribution in [3.8, 4) is 0 Å². The average molecular weight is 296 g/mol. The molecule has 0 aliphatic heterocycles. The van der Waals surface area contributed by atoms with Crippen LogP contribution in [0.25, 0.3) is 0 Å². The summed E-state index contributed by atoms with van der Waals surface area (Å²) in [4.78, 5) is 11.8. The van der Waals surface area contributed by atoms with Crippen LogP contribution in [-0.4, -0.2) is 40.5 Å². The highest BCUT2D eigenvalue weighted by Crippen LogP contribution is 2.29. The lowest BCUT2D eigenvalue weighted by Crippen LogP contribution is -2.37. The van der Waals surface area contributed by atoms with Crippen molar-refractivity contribution in [1.29, 1.82) is 0 Å². The van der Waals surface area contributed by atoms with E-state index < -0.39 is 11.6 Å². The average Bonchev–Trinajstić information content (AvgIpc) is 2.71. The van der Waals surface area contributed by atoms with E-state index in [9.17, 15) is 18.0 Å². The van der Waals surface area contributed by atoms with Gasteiger partial charge in [0.1, 0.15) is 6.04 Å². The van der Waals surface area contributed by atoms with Crippen LogP contribution in [0.2, 0.25) is 0 Å². The van der Waals surface area contributed by atoms with Crippen LogP contribution in [-0.2, 0) is 11.8 Å². The molecule has 1 aromatic heterocycles. The molecule has 0 aromatic carbocycles. The number of rotatable bonds is 6. The molecule has 1 heterocycles. The fourth-order valence-corrected chi connectivity index (χ4v) is 1.92. The summed E-state index contributed by atoms with van der Waals surface area (Å²) in [5.41, 5.74) is -3.61. The Balaban J connectivity index is 2.43. The normalized spacial score (nSPS) is 13.3. The number of hydrogen-bond donors (Lipinski definition) is 2. The molecule has 0 aliphatic carbocycles. The quantitative estimate of drug-likeness (QED) is 0.771. The molecule has 0 radical (unpaired) electrons. The van der Waals surface area contributed by atoms with Crippen LogP contribution in [0.3, 0.4) is 0 Å². The van der Waals surface area contributed by atoms with E-state index in [4.69, 9.17) is 0 Å². The summed E-state index contributed by atoms with van der Waals surface area (Å²) in [7, 11) is 3.32. The minimum absolute atomic E-state index is 0.0402. The van der Waals surface area contributed by atoms with Crippen LogP contribution in [0.4, 0.5) is 13.2 Å². The molecule has 0 bridgehead atoms. The minimum Gasteiger partial charge on any atom is -0.354 e. The van der Waals surface area contributed by atoms with Gasteiger partial charge in [-0.3, -0.25) is 9.48 Å². The number of amides is 1. The molecule has 1 rings (SSSR count). The van der Waals surface area contributed by atoms with Crippen LogP contribution >= 0.6 is 11.8 Å². The van der Waals surface area contributed by atoms with E-state index in [1.165, 1.54) is 6.20 Å². The molecular weight excluding hydrogens is 281 g/mol. The van der Waals surface area contributed by atoms with Crippen molar-refractivity contribution in [2.45, 2.75) is 11.6 Å². The molecule has 19 heavy (non-hydrogen) atoms. The van der Waals surface area contributed by atoms with Crippen LogP contribution in [0.1, 0.15) is 11.6 Å². The Hall–Kier alpha value is -1.22. The zero-order valence-electron chi connectivity index (χ0n) is 10.5. The number of aryl methyl sites for hydroxylation is 1. The second-order valence-corrected chi connectivity index (χ2v) is 4.91. The summed E-state index contributed by atoms with van der Waals surface area (Å²) in [6.45, 7) is -0.0402. The number of halogens is 3. The molecule has 1 atom stereocenters. The number of carbonyl (C=O) groups is 1. The van der Waals surface area contributed by atoms with Crippen molar-refractivity contribution in [1.82, 2.24) is 20.4 Å². The van der Waals surface area contributed by atoms with Crippen molar-refractivity contribution in [2.75, 3.05) is 19.3 Å². The lowest BCUT2D eigenvalue weighted by molar-refractivity contribution is -0.123. The molecule has 1 amide bonds. The predicted octanol–water partition coefficient (Wildman–Crippen LogP) is 1.05. The maximum absolute atomic E-state index is 11.9. The van der Waals surface area contributed by atoms with Crippen molar-refractivity contribution < 1.29 is 18.0 Å². The monoisotopic (exact) mass is 296 g/mol. The maximum atomic E-state index is 11.9. The third kappa shape index (κ3) is 5.52. The topological polar surface area (TPSA) is 59.0 Å². The van der Waals surface area contributed by atoms with E-state index in [0.717, 1.165) is 0 Å². The SMILES string of the molecule is CNC(C(=O)NCCSC(F)(F)F)c1cnn(C)c1. The predicted molar refractivity (Wildman–Crippen MR) is 66.5 cm³/mol. The van der Waals surface area contributed by atoms with E-state index in [1.807, 2.05) is 0 Å². The molecule has 1 unspecified atom stereocenters. The molecule has 9 heteroatoms. The van der Waals surface area contributed by atoms with Gasteiger partial charge in [-0.25, -0.2) is 0 Å². The van der Waals surface area contributed by atoms with Gasteiger partial charge in [0.25, 0.3) is 0 Å². The van der Waals surface area contributed by atoms with Gasteiger partial charge in [-0.2, -0.15) is 18.3 Å². The zero-order valence-corrected chi connectivity index (χ0v) is 11.3. The third-order valence-electron chi connectivity index (χ3n) is 2.28. The molecule has 0 saturated heterocycles. The summed E-state index contributed by atoms with van der Waals surface area (Å²) < 4.78 is 37.2. The van der Waals surface area contributed by atoms with Crippen molar-refractivity contribution >= 4 is 17.7 Å². The second-order valence-electron chi connectivity index (χ2n) is 3.75. The van der Waals surface area contributed by atoms with Crippen LogP contribution in [0.15, 0.2) is 12.4 Å². The molecule has 0 aliphatic rings. The number of alkyl halides is 3. The van der Waals surface area contributed by atoms with Crippen molar-refractivity contribution in [2.24, 2.45) is 7.05 Å². The number of nitrogens with one attached hydrogen (secondary N) is 2. The van der Waals surface area contributed by atoms with Gasteiger partial charge in [0.2, 0.25) is 5.91 Å². The molecule has 0 fully saturated rings. The smallest absolute Gasteiger partial charge is 0.354 e. The number of hydrogen-bond acceptors (Lipinski definition) is 4. The van der Waals surface area contributed by atoms with Gasteiger partial charge in [-0.15, -0.1) is 0 Å². The van der Waals surface area contributed by atoms with Gasteiger partial charge in [0.15, 0.2) is 0 Å². The number of carbonyl (C=O) groups excluding carboxylic acids is 1. The second kappa shape index (κ2) is 6.80. The Labute approximate surface area is 112 Å². The summed E-state index contributed by atoms with van der Waals surface area (Å²) in [6.07, 6.45) is 3.20. The van der Waals surface area contributed by atoms with Crippen molar-refractivity contribution in [3.63, 3.8) is 0 Å². The van der Waals surface area contributed by atoms with Gasteiger partial charge in [-0.05, 0) is 18.8 Å². The Kier molecular flexibility index (Phi) is 5.67. The Morgan fingerprint density at radius 1 is 1.58 bits per heavy atom. The lowest BCUT2D eigenvalue weighted by Gasteiger charge is -2.14. The molecule has 1 aromatic rings. The Bertz CT molecular complexity index is 421. The molecular formula is C10H15F3N4OS. The summed E-state index contributed by atoms with van der Waals surface area (Å²) in [5, 5.41) is 9.19. The highest BCUT2D eigenvalue weighted by atomic mass is 32.2. The number of nitrogens with zero attached hydrogens (tertiary/aromatic N) is 2. The van der Waals surface area contributed by atoms with E-state index in [1.54, 1.807) is 25.0 Å². The molecule has 108 valence electrons. The largest absolute Gasteiger partial charge is 0.441 e. The van der Waals surface area contributed by atoms with Gasteiger partial charge in [0, 0.05) is 31.1 Å². The molecule has 0 saturated carbocycles. The highest BCUT2D eigenvalue weighted by molar-refractivity contribution is 8.00.